The van der Waals surface area contributed by atoms with Crippen molar-refractivity contribution in [2.24, 2.45) is 5.92 Å². The van der Waals surface area contributed by atoms with Crippen molar-refractivity contribution in [2.75, 3.05) is 26.2 Å². The SMILES string of the molecule is CCN(CC)C(=O)N1CCC[C@H](C(=O)N[C@@H](C)c2cccc(Br)c2)C1. The maximum atomic E-state index is 12.7. The number of nitrogens with one attached hydrogen (secondary N) is 1. The molecule has 1 fully saturated rings. The van der Waals surface area contributed by atoms with Crippen LogP contribution in [0, 0.1) is 5.92 Å². The molecule has 6 heteroatoms. The molecule has 3 amide bonds. The molecule has 138 valence electrons. The number of piperidine rings is 1. The molecule has 0 aromatic heterocycles. The van der Waals surface area contributed by atoms with E-state index in [0.29, 0.717) is 19.6 Å². The van der Waals surface area contributed by atoms with Gasteiger partial charge in [-0.1, -0.05) is 28.1 Å². The largest absolute Gasteiger partial charge is 0.349 e. The Kier molecular flexibility index (Phi) is 7.29. The van der Waals surface area contributed by atoms with E-state index in [1.807, 2.05) is 54.8 Å². The maximum absolute atomic E-state index is 12.7. The summed E-state index contributed by atoms with van der Waals surface area (Å²) in [6, 6.07) is 7.94. The number of rotatable bonds is 5. The minimum atomic E-state index is -0.136. The summed E-state index contributed by atoms with van der Waals surface area (Å²) >= 11 is 3.46. The van der Waals surface area contributed by atoms with E-state index in [-0.39, 0.29) is 23.9 Å². The highest BCUT2D eigenvalue weighted by atomic mass is 79.9. The van der Waals surface area contributed by atoms with Crippen LogP contribution >= 0.6 is 15.9 Å². The Labute approximate surface area is 158 Å². The Balaban J connectivity index is 1.96. The van der Waals surface area contributed by atoms with Gasteiger partial charge in [0.2, 0.25) is 5.91 Å². The van der Waals surface area contributed by atoms with Crippen molar-refractivity contribution in [3.05, 3.63) is 34.3 Å². The van der Waals surface area contributed by atoms with Crippen molar-refractivity contribution in [1.82, 2.24) is 15.1 Å². The van der Waals surface area contributed by atoms with Crippen molar-refractivity contribution >= 4 is 27.9 Å². The first-order valence-corrected chi connectivity index (χ1v) is 9.85. The second-order valence-electron chi connectivity index (χ2n) is 6.53. The van der Waals surface area contributed by atoms with Crippen LogP contribution < -0.4 is 5.32 Å². The second-order valence-corrected chi connectivity index (χ2v) is 7.44. The zero-order chi connectivity index (χ0) is 18.4. The number of hydrogen-bond acceptors (Lipinski definition) is 2. The minimum Gasteiger partial charge on any atom is -0.349 e. The van der Waals surface area contributed by atoms with Gasteiger partial charge in [-0.2, -0.15) is 0 Å². The fraction of sp³-hybridized carbons (Fsp3) is 0.579. The molecular weight excluding hydrogens is 382 g/mol. The summed E-state index contributed by atoms with van der Waals surface area (Å²) in [5.74, 6) is -0.104. The molecule has 0 bridgehead atoms. The van der Waals surface area contributed by atoms with Gasteiger partial charge in [0.25, 0.3) is 0 Å². The third-order valence-corrected chi connectivity index (χ3v) is 5.30. The highest BCUT2D eigenvalue weighted by Gasteiger charge is 2.30. The molecule has 2 atom stereocenters. The average molecular weight is 410 g/mol. The van der Waals surface area contributed by atoms with Crippen LogP contribution in [-0.4, -0.2) is 47.9 Å². The molecule has 2 rings (SSSR count). The summed E-state index contributed by atoms with van der Waals surface area (Å²) in [6.45, 7) is 8.59. The van der Waals surface area contributed by atoms with Crippen LogP contribution in [-0.2, 0) is 4.79 Å². The quantitative estimate of drug-likeness (QED) is 0.803. The Bertz CT molecular complexity index is 604. The van der Waals surface area contributed by atoms with Gasteiger partial charge in [-0.05, 0) is 51.3 Å². The number of hydrogen-bond donors (Lipinski definition) is 1. The van der Waals surface area contributed by atoms with E-state index in [1.54, 1.807) is 0 Å². The minimum absolute atomic E-state index is 0.0320. The number of carbonyl (C=O) groups is 2. The van der Waals surface area contributed by atoms with E-state index >= 15 is 0 Å². The van der Waals surface area contributed by atoms with Gasteiger partial charge in [0, 0.05) is 30.7 Å². The molecule has 1 aromatic rings. The number of benzene rings is 1. The van der Waals surface area contributed by atoms with E-state index in [4.69, 9.17) is 0 Å². The number of carbonyl (C=O) groups excluding carboxylic acids is 2. The summed E-state index contributed by atoms with van der Waals surface area (Å²) in [7, 11) is 0. The summed E-state index contributed by atoms with van der Waals surface area (Å²) < 4.78 is 1.000. The van der Waals surface area contributed by atoms with Gasteiger partial charge >= 0.3 is 6.03 Å². The predicted molar refractivity (Wildman–Crippen MR) is 103 cm³/mol. The van der Waals surface area contributed by atoms with E-state index in [1.165, 1.54) is 0 Å². The lowest BCUT2D eigenvalue weighted by atomic mass is 9.96. The van der Waals surface area contributed by atoms with Crippen LogP contribution in [0.2, 0.25) is 0 Å². The first-order chi connectivity index (χ1) is 12.0. The second kappa shape index (κ2) is 9.22. The van der Waals surface area contributed by atoms with Gasteiger partial charge < -0.3 is 15.1 Å². The van der Waals surface area contributed by atoms with Crippen molar-refractivity contribution in [1.29, 1.82) is 0 Å². The van der Waals surface area contributed by atoms with Crippen LogP contribution in [0.5, 0.6) is 0 Å². The van der Waals surface area contributed by atoms with E-state index in [0.717, 1.165) is 29.4 Å². The third-order valence-electron chi connectivity index (χ3n) is 4.80. The zero-order valence-corrected chi connectivity index (χ0v) is 16.9. The number of halogens is 1. The highest BCUT2D eigenvalue weighted by molar-refractivity contribution is 9.10. The number of urea groups is 1. The first-order valence-electron chi connectivity index (χ1n) is 9.05. The van der Waals surface area contributed by atoms with E-state index in [2.05, 4.69) is 21.2 Å². The van der Waals surface area contributed by atoms with Crippen LogP contribution in [0.1, 0.15) is 45.2 Å². The Morgan fingerprint density at radius 3 is 2.72 bits per heavy atom. The monoisotopic (exact) mass is 409 g/mol. The van der Waals surface area contributed by atoms with E-state index in [9.17, 15) is 9.59 Å². The fourth-order valence-electron chi connectivity index (χ4n) is 3.25. The standard InChI is InChI=1S/C19H28BrN3O2/c1-4-22(5-2)19(25)23-11-7-9-16(13-23)18(24)21-14(3)15-8-6-10-17(20)12-15/h6,8,10,12,14,16H,4-5,7,9,11,13H2,1-3H3,(H,21,24)/t14-,16-/m0/s1. The molecule has 0 radical (unpaired) electrons. The van der Waals surface area contributed by atoms with Crippen LogP contribution in [0.3, 0.4) is 0 Å². The van der Waals surface area contributed by atoms with Crippen molar-refractivity contribution in [2.45, 2.75) is 39.7 Å². The Hall–Kier alpha value is -1.56. The van der Waals surface area contributed by atoms with Crippen molar-refractivity contribution in [3.8, 4) is 0 Å². The van der Waals surface area contributed by atoms with Gasteiger partial charge in [0.1, 0.15) is 0 Å². The molecule has 5 nitrogen and oxygen atoms in total. The molecule has 0 saturated carbocycles. The Morgan fingerprint density at radius 2 is 2.08 bits per heavy atom. The van der Waals surface area contributed by atoms with Gasteiger partial charge in [0.05, 0.1) is 12.0 Å². The number of nitrogens with zero attached hydrogens (tertiary/aromatic N) is 2. The third kappa shape index (κ3) is 5.21. The van der Waals surface area contributed by atoms with Crippen LogP contribution in [0.4, 0.5) is 4.79 Å². The fourth-order valence-corrected chi connectivity index (χ4v) is 3.67. The molecule has 1 aromatic carbocycles. The van der Waals surface area contributed by atoms with Gasteiger partial charge in [-0.3, -0.25) is 4.79 Å². The molecule has 1 heterocycles. The normalized spacial score (nSPS) is 18.6. The lowest BCUT2D eigenvalue weighted by Gasteiger charge is -2.35. The number of amides is 3. The van der Waals surface area contributed by atoms with E-state index < -0.39 is 0 Å². The molecule has 25 heavy (non-hydrogen) atoms. The van der Waals surface area contributed by atoms with Crippen LogP contribution in [0.25, 0.3) is 0 Å². The number of likely N-dealkylation sites (tertiary alicyclic amines) is 1. The van der Waals surface area contributed by atoms with Gasteiger partial charge in [-0.25, -0.2) is 4.79 Å². The highest BCUT2D eigenvalue weighted by Crippen LogP contribution is 2.21. The molecular formula is C19H28BrN3O2. The Morgan fingerprint density at radius 1 is 1.36 bits per heavy atom. The summed E-state index contributed by atoms with van der Waals surface area (Å²) in [4.78, 5) is 28.8. The zero-order valence-electron chi connectivity index (χ0n) is 15.3. The lowest BCUT2D eigenvalue weighted by molar-refractivity contribution is -0.127. The predicted octanol–water partition coefficient (Wildman–Crippen LogP) is 3.80. The molecule has 1 aliphatic heterocycles. The first kappa shape index (κ1) is 19.8. The smallest absolute Gasteiger partial charge is 0.320 e. The summed E-state index contributed by atoms with van der Waals surface area (Å²) in [5, 5.41) is 3.10. The molecule has 1 N–H and O–H groups in total. The molecule has 1 aliphatic rings. The van der Waals surface area contributed by atoms with Gasteiger partial charge in [-0.15, -0.1) is 0 Å². The molecule has 0 aliphatic carbocycles. The average Bonchev–Trinajstić information content (AvgIpc) is 2.62. The topological polar surface area (TPSA) is 52.7 Å². The van der Waals surface area contributed by atoms with Gasteiger partial charge in [0.15, 0.2) is 0 Å². The summed E-state index contributed by atoms with van der Waals surface area (Å²) in [6.07, 6.45) is 1.70. The van der Waals surface area contributed by atoms with Crippen molar-refractivity contribution in [3.63, 3.8) is 0 Å². The maximum Gasteiger partial charge on any atom is 0.320 e. The van der Waals surface area contributed by atoms with Crippen molar-refractivity contribution < 1.29 is 9.59 Å². The lowest BCUT2D eigenvalue weighted by Crippen LogP contribution is -2.50. The summed E-state index contributed by atoms with van der Waals surface area (Å²) in [5.41, 5.74) is 1.06. The molecule has 1 saturated heterocycles. The van der Waals surface area contributed by atoms with Crippen LogP contribution in [0.15, 0.2) is 28.7 Å². The molecule has 0 unspecified atom stereocenters. The molecule has 0 spiro atoms.